The van der Waals surface area contributed by atoms with Crippen molar-refractivity contribution in [3.8, 4) is 0 Å². The van der Waals surface area contributed by atoms with E-state index in [0.717, 1.165) is 12.8 Å². The first-order valence-electron chi connectivity index (χ1n) is 6.88. The minimum Gasteiger partial charge on any atom is -0.330 e. The number of fused-ring (bicyclic) bond motifs is 1. The van der Waals surface area contributed by atoms with E-state index in [-0.39, 0.29) is 11.2 Å². The molecule has 20 heavy (non-hydrogen) atoms. The first-order chi connectivity index (χ1) is 9.66. The van der Waals surface area contributed by atoms with E-state index in [1.54, 1.807) is 12.1 Å². The number of hydrogen-bond acceptors (Lipinski definition) is 1. The maximum Gasteiger partial charge on any atom is 0.127 e. The van der Waals surface area contributed by atoms with Gasteiger partial charge in [0.05, 0.1) is 0 Å². The average Bonchev–Trinajstić information content (AvgIpc) is 2.83. The van der Waals surface area contributed by atoms with Crippen molar-refractivity contribution in [3.63, 3.8) is 0 Å². The Morgan fingerprint density at radius 1 is 1.15 bits per heavy atom. The molecule has 3 rings (SSSR count). The summed E-state index contributed by atoms with van der Waals surface area (Å²) in [5, 5.41) is 0.488. The van der Waals surface area contributed by atoms with Crippen molar-refractivity contribution in [2.24, 2.45) is 5.73 Å². The van der Waals surface area contributed by atoms with Gasteiger partial charge in [-0.1, -0.05) is 41.9 Å². The van der Waals surface area contributed by atoms with Crippen LogP contribution in [0.5, 0.6) is 0 Å². The molecule has 1 nitrogen and oxygen atoms in total. The van der Waals surface area contributed by atoms with E-state index < -0.39 is 0 Å². The van der Waals surface area contributed by atoms with Crippen molar-refractivity contribution >= 4 is 11.6 Å². The normalized spacial score (nSPS) is 20.9. The summed E-state index contributed by atoms with van der Waals surface area (Å²) in [5.74, 6) is -0.241. The van der Waals surface area contributed by atoms with Gasteiger partial charge in [0.15, 0.2) is 0 Å². The molecule has 1 aliphatic rings. The van der Waals surface area contributed by atoms with Crippen LogP contribution in [0, 0.1) is 5.82 Å². The summed E-state index contributed by atoms with van der Waals surface area (Å²) >= 11 is 6.17. The van der Waals surface area contributed by atoms with E-state index in [2.05, 4.69) is 12.1 Å². The van der Waals surface area contributed by atoms with Gasteiger partial charge in [0.1, 0.15) is 5.82 Å². The van der Waals surface area contributed by atoms with Crippen LogP contribution in [0.3, 0.4) is 0 Å². The van der Waals surface area contributed by atoms with Crippen molar-refractivity contribution in [1.29, 1.82) is 0 Å². The van der Waals surface area contributed by atoms with Crippen LogP contribution in [0.15, 0.2) is 42.5 Å². The number of aryl methyl sites for hydroxylation is 1. The van der Waals surface area contributed by atoms with Crippen LogP contribution in [0.1, 0.15) is 23.1 Å². The van der Waals surface area contributed by atoms with Gasteiger partial charge in [0, 0.05) is 22.5 Å². The Hall–Kier alpha value is -1.38. The van der Waals surface area contributed by atoms with Gasteiger partial charge in [-0.25, -0.2) is 4.39 Å². The molecular weight excluding hydrogens is 273 g/mol. The zero-order valence-electron chi connectivity index (χ0n) is 11.2. The third-order valence-corrected chi connectivity index (χ3v) is 4.78. The molecule has 0 aliphatic heterocycles. The summed E-state index contributed by atoms with van der Waals surface area (Å²) in [6, 6.07) is 13.2. The van der Waals surface area contributed by atoms with Crippen molar-refractivity contribution in [2.45, 2.75) is 24.7 Å². The third kappa shape index (κ3) is 2.13. The lowest BCUT2D eigenvalue weighted by atomic mass is 9.76. The molecule has 104 valence electrons. The number of nitrogens with two attached hydrogens (primary N) is 1. The van der Waals surface area contributed by atoms with Gasteiger partial charge in [-0.05, 0) is 42.5 Å². The molecule has 0 heterocycles. The summed E-state index contributed by atoms with van der Waals surface area (Å²) in [4.78, 5) is 0. The summed E-state index contributed by atoms with van der Waals surface area (Å²) < 4.78 is 14.1. The van der Waals surface area contributed by atoms with Crippen LogP contribution in [0.25, 0.3) is 0 Å². The molecule has 0 fully saturated rings. The largest absolute Gasteiger partial charge is 0.330 e. The van der Waals surface area contributed by atoms with Gasteiger partial charge in [-0.3, -0.25) is 0 Å². The lowest BCUT2D eigenvalue weighted by molar-refractivity contribution is 0.423. The van der Waals surface area contributed by atoms with Crippen LogP contribution >= 0.6 is 11.6 Å². The third-order valence-electron chi connectivity index (χ3n) is 4.43. The smallest absolute Gasteiger partial charge is 0.127 e. The highest BCUT2D eigenvalue weighted by atomic mass is 35.5. The fourth-order valence-electron chi connectivity index (χ4n) is 3.27. The second-order valence-corrected chi connectivity index (χ2v) is 5.93. The van der Waals surface area contributed by atoms with E-state index >= 15 is 0 Å². The lowest BCUT2D eigenvalue weighted by Gasteiger charge is -2.29. The average molecular weight is 290 g/mol. The summed E-state index contributed by atoms with van der Waals surface area (Å²) in [7, 11) is 0. The molecule has 0 bridgehead atoms. The minimum absolute atomic E-state index is 0.192. The highest BCUT2D eigenvalue weighted by Crippen LogP contribution is 2.42. The van der Waals surface area contributed by atoms with Crippen LogP contribution in [0.4, 0.5) is 4.39 Å². The highest BCUT2D eigenvalue weighted by Gasteiger charge is 2.38. The maximum absolute atomic E-state index is 14.1. The van der Waals surface area contributed by atoms with Gasteiger partial charge >= 0.3 is 0 Å². The quantitative estimate of drug-likeness (QED) is 0.912. The zero-order valence-corrected chi connectivity index (χ0v) is 12.0. The summed E-state index contributed by atoms with van der Waals surface area (Å²) in [6.07, 6.45) is 2.51. The highest BCUT2D eigenvalue weighted by molar-refractivity contribution is 6.31. The van der Waals surface area contributed by atoms with Gasteiger partial charge < -0.3 is 5.73 Å². The SMILES string of the molecule is NCC1(Cc2c(F)cccc2Cl)CCc2ccccc21. The molecular formula is C17H17ClFN. The topological polar surface area (TPSA) is 26.0 Å². The van der Waals surface area contributed by atoms with Crippen LogP contribution in [-0.2, 0) is 18.3 Å². The zero-order chi connectivity index (χ0) is 14.2. The molecule has 3 heteroatoms. The van der Waals surface area contributed by atoms with E-state index in [4.69, 9.17) is 17.3 Å². The Balaban J connectivity index is 2.04. The molecule has 0 radical (unpaired) electrons. The number of halogens is 2. The molecule has 0 aromatic heterocycles. The molecule has 0 saturated carbocycles. The molecule has 2 aromatic carbocycles. The summed E-state index contributed by atoms with van der Waals surface area (Å²) in [6.45, 7) is 0.509. The fraction of sp³-hybridized carbons (Fsp3) is 0.294. The van der Waals surface area contributed by atoms with Crippen molar-refractivity contribution in [1.82, 2.24) is 0 Å². The number of hydrogen-bond donors (Lipinski definition) is 1. The van der Waals surface area contributed by atoms with E-state index in [0.29, 0.717) is 23.6 Å². The Morgan fingerprint density at radius 2 is 1.95 bits per heavy atom. The Labute approximate surface area is 123 Å². The first kappa shape index (κ1) is 13.6. The van der Waals surface area contributed by atoms with E-state index in [9.17, 15) is 4.39 Å². The lowest BCUT2D eigenvalue weighted by Crippen LogP contribution is -2.35. The predicted molar refractivity (Wildman–Crippen MR) is 80.6 cm³/mol. The van der Waals surface area contributed by atoms with Crippen molar-refractivity contribution in [3.05, 3.63) is 70.0 Å². The monoisotopic (exact) mass is 289 g/mol. The van der Waals surface area contributed by atoms with E-state index in [1.165, 1.54) is 17.2 Å². The van der Waals surface area contributed by atoms with Crippen molar-refractivity contribution < 1.29 is 4.39 Å². The van der Waals surface area contributed by atoms with Crippen LogP contribution < -0.4 is 5.73 Å². The Morgan fingerprint density at radius 3 is 2.70 bits per heavy atom. The van der Waals surface area contributed by atoms with Crippen molar-refractivity contribution in [2.75, 3.05) is 6.54 Å². The van der Waals surface area contributed by atoms with E-state index in [1.807, 2.05) is 12.1 Å². The van der Waals surface area contributed by atoms with Gasteiger partial charge in [0.25, 0.3) is 0 Å². The van der Waals surface area contributed by atoms with Gasteiger partial charge in [0.2, 0.25) is 0 Å². The molecule has 1 atom stereocenters. The first-order valence-corrected chi connectivity index (χ1v) is 7.25. The molecule has 0 spiro atoms. The second kappa shape index (κ2) is 5.19. The Kier molecular flexibility index (Phi) is 3.53. The second-order valence-electron chi connectivity index (χ2n) is 5.52. The van der Waals surface area contributed by atoms with Gasteiger partial charge in [-0.15, -0.1) is 0 Å². The Bertz CT molecular complexity index is 620. The minimum atomic E-state index is -0.241. The number of benzene rings is 2. The maximum atomic E-state index is 14.1. The molecule has 0 saturated heterocycles. The van der Waals surface area contributed by atoms with Crippen LogP contribution in [-0.4, -0.2) is 6.54 Å². The predicted octanol–water partition coefficient (Wildman–Crippen LogP) is 3.86. The van der Waals surface area contributed by atoms with Gasteiger partial charge in [-0.2, -0.15) is 0 Å². The molecule has 1 unspecified atom stereocenters. The molecule has 2 N–H and O–H groups in total. The molecule has 2 aromatic rings. The van der Waals surface area contributed by atoms with Crippen LogP contribution in [0.2, 0.25) is 5.02 Å². The summed E-state index contributed by atoms with van der Waals surface area (Å²) in [5.41, 5.74) is 9.03. The molecule has 1 aliphatic carbocycles. The molecule has 0 amide bonds. The standard InChI is InChI=1S/C17H17ClFN/c18-15-6-3-7-16(19)13(15)10-17(11-20)9-8-12-4-1-2-5-14(12)17/h1-7H,8-11,20H2. The number of rotatable bonds is 3. The fourth-order valence-corrected chi connectivity index (χ4v) is 3.50.